The number of hydrogen-bond acceptors (Lipinski definition) is 3. The fourth-order valence-corrected chi connectivity index (χ4v) is 1.64. The van der Waals surface area contributed by atoms with E-state index in [-0.39, 0.29) is 0 Å². The summed E-state index contributed by atoms with van der Waals surface area (Å²) in [7, 11) is 1.75. The first-order valence-corrected chi connectivity index (χ1v) is 5.07. The van der Waals surface area contributed by atoms with Crippen molar-refractivity contribution in [2.45, 2.75) is 6.92 Å². The van der Waals surface area contributed by atoms with E-state index in [1.54, 1.807) is 17.9 Å². The number of nitrogen functional groups attached to an aromatic ring is 1. The van der Waals surface area contributed by atoms with Crippen molar-refractivity contribution in [2.24, 2.45) is 4.99 Å². The molecule has 16 heavy (non-hydrogen) atoms. The molecule has 0 radical (unpaired) electrons. The second-order valence-electron chi connectivity index (χ2n) is 3.48. The van der Waals surface area contributed by atoms with Gasteiger partial charge < -0.3 is 5.84 Å². The lowest BCUT2D eigenvalue weighted by atomic mass is 10.1. The largest absolute Gasteiger partial charge is 0.339 e. The Bertz CT molecular complexity index is 563. The number of pyridine rings is 1. The third-order valence-corrected chi connectivity index (χ3v) is 2.48. The average Bonchev–Trinajstić information content (AvgIpc) is 2.68. The van der Waals surface area contributed by atoms with Gasteiger partial charge in [-0.3, -0.25) is 14.7 Å². The normalized spacial score (nSPS) is 12.8. The van der Waals surface area contributed by atoms with Crippen molar-refractivity contribution < 1.29 is 0 Å². The summed E-state index contributed by atoms with van der Waals surface area (Å²) in [6, 6.07) is 3.90. The van der Waals surface area contributed by atoms with E-state index < -0.39 is 0 Å². The molecule has 82 valence electrons. The highest BCUT2D eigenvalue weighted by Crippen LogP contribution is 2.17. The quantitative estimate of drug-likeness (QED) is 0.612. The third-order valence-electron chi connectivity index (χ3n) is 2.48. The zero-order chi connectivity index (χ0) is 11.5. The summed E-state index contributed by atoms with van der Waals surface area (Å²) in [6.07, 6.45) is 7.44. The number of aliphatic imine (C=N–C) groups is 1. The molecule has 2 rings (SSSR count). The van der Waals surface area contributed by atoms with Gasteiger partial charge in [-0.05, 0) is 24.6 Å². The van der Waals surface area contributed by atoms with E-state index in [2.05, 4.69) is 9.98 Å². The topological polar surface area (TPSA) is 56.2 Å². The Balaban J connectivity index is 2.57. The second-order valence-corrected chi connectivity index (χ2v) is 3.48. The standard InChI is InChI=1S/C12H14N4/c1-3-9(7-14-2)10-6-12-11(15-8-10)4-5-16(12)13/h3-8H,13H2,1-2H3/b9-3+,14-7?. The summed E-state index contributed by atoms with van der Waals surface area (Å²) in [5, 5.41) is 0. The van der Waals surface area contributed by atoms with Crippen LogP contribution in [0.15, 0.2) is 35.6 Å². The molecule has 0 aliphatic carbocycles. The van der Waals surface area contributed by atoms with Gasteiger partial charge in [0.15, 0.2) is 0 Å². The van der Waals surface area contributed by atoms with Crippen LogP contribution in [0.2, 0.25) is 0 Å². The number of allylic oxidation sites excluding steroid dienone is 2. The average molecular weight is 214 g/mol. The van der Waals surface area contributed by atoms with Crippen LogP contribution in [0.4, 0.5) is 0 Å². The molecule has 0 bridgehead atoms. The molecule has 4 nitrogen and oxygen atoms in total. The van der Waals surface area contributed by atoms with Gasteiger partial charge in [0.05, 0.1) is 11.0 Å². The fraction of sp³-hybridized carbons (Fsp3) is 0.167. The maximum Gasteiger partial charge on any atom is 0.0901 e. The predicted octanol–water partition coefficient (Wildman–Crippen LogP) is 1.85. The monoisotopic (exact) mass is 214 g/mol. The van der Waals surface area contributed by atoms with E-state index in [0.29, 0.717) is 0 Å². The Labute approximate surface area is 94.1 Å². The highest BCUT2D eigenvalue weighted by molar-refractivity contribution is 6.10. The van der Waals surface area contributed by atoms with Gasteiger partial charge in [0.1, 0.15) is 0 Å². The van der Waals surface area contributed by atoms with Crippen LogP contribution in [0.5, 0.6) is 0 Å². The van der Waals surface area contributed by atoms with Crippen LogP contribution in [-0.4, -0.2) is 22.9 Å². The van der Waals surface area contributed by atoms with E-state index >= 15 is 0 Å². The molecule has 2 heterocycles. The van der Waals surface area contributed by atoms with Gasteiger partial charge >= 0.3 is 0 Å². The van der Waals surface area contributed by atoms with Crippen molar-refractivity contribution >= 4 is 22.8 Å². The molecule has 0 aliphatic heterocycles. The third kappa shape index (κ3) is 1.69. The molecule has 0 aromatic carbocycles. The van der Waals surface area contributed by atoms with Gasteiger partial charge in [-0.15, -0.1) is 0 Å². The lowest BCUT2D eigenvalue weighted by Crippen LogP contribution is -2.05. The van der Waals surface area contributed by atoms with Crippen molar-refractivity contribution in [2.75, 3.05) is 12.9 Å². The number of rotatable bonds is 2. The number of fused-ring (bicyclic) bond motifs is 1. The van der Waals surface area contributed by atoms with E-state index in [9.17, 15) is 0 Å². The van der Waals surface area contributed by atoms with Crippen LogP contribution in [-0.2, 0) is 0 Å². The van der Waals surface area contributed by atoms with Crippen LogP contribution in [0.3, 0.4) is 0 Å². The van der Waals surface area contributed by atoms with Crippen molar-refractivity contribution in [3.63, 3.8) is 0 Å². The Morgan fingerprint density at radius 3 is 3.06 bits per heavy atom. The lowest BCUT2D eigenvalue weighted by molar-refractivity contribution is 1.06. The van der Waals surface area contributed by atoms with Crippen molar-refractivity contribution in [3.05, 3.63) is 36.2 Å². The van der Waals surface area contributed by atoms with Crippen LogP contribution >= 0.6 is 0 Å². The Morgan fingerprint density at radius 2 is 2.38 bits per heavy atom. The molecular weight excluding hydrogens is 200 g/mol. The van der Waals surface area contributed by atoms with Crippen LogP contribution in [0, 0.1) is 0 Å². The highest BCUT2D eigenvalue weighted by atomic mass is 15.3. The number of hydrogen-bond donors (Lipinski definition) is 1. The SMILES string of the molecule is C/C=C(\C=NC)c1cnc2ccn(N)c2c1. The molecule has 0 saturated carbocycles. The van der Waals surface area contributed by atoms with Gasteiger partial charge in [0, 0.05) is 31.2 Å². The van der Waals surface area contributed by atoms with E-state index in [1.807, 2.05) is 37.5 Å². The minimum Gasteiger partial charge on any atom is -0.339 e. The number of aromatic nitrogens is 2. The van der Waals surface area contributed by atoms with Crippen molar-refractivity contribution in [1.29, 1.82) is 0 Å². The van der Waals surface area contributed by atoms with Crippen LogP contribution < -0.4 is 5.84 Å². The number of nitrogens with zero attached hydrogens (tertiary/aromatic N) is 3. The molecule has 2 aromatic rings. The van der Waals surface area contributed by atoms with Gasteiger partial charge in [-0.2, -0.15) is 0 Å². The predicted molar refractivity (Wildman–Crippen MR) is 68.0 cm³/mol. The first-order valence-electron chi connectivity index (χ1n) is 5.07. The smallest absolute Gasteiger partial charge is 0.0901 e. The van der Waals surface area contributed by atoms with E-state index in [4.69, 9.17) is 5.84 Å². The first-order chi connectivity index (χ1) is 7.76. The molecule has 2 N–H and O–H groups in total. The van der Waals surface area contributed by atoms with E-state index in [0.717, 1.165) is 22.2 Å². The highest BCUT2D eigenvalue weighted by Gasteiger charge is 2.03. The number of nitrogens with two attached hydrogens (primary N) is 1. The van der Waals surface area contributed by atoms with Gasteiger partial charge in [0.25, 0.3) is 0 Å². The van der Waals surface area contributed by atoms with Gasteiger partial charge in [-0.1, -0.05) is 6.08 Å². The molecule has 0 atom stereocenters. The molecule has 0 unspecified atom stereocenters. The molecule has 2 aromatic heterocycles. The summed E-state index contributed by atoms with van der Waals surface area (Å²) in [4.78, 5) is 8.36. The van der Waals surface area contributed by atoms with Crippen LogP contribution in [0.25, 0.3) is 16.6 Å². The Hall–Kier alpha value is -2.10. The summed E-state index contributed by atoms with van der Waals surface area (Å²) in [5.74, 6) is 5.78. The molecular formula is C12H14N4. The molecule has 0 fully saturated rings. The minimum atomic E-state index is 0.898. The van der Waals surface area contributed by atoms with Crippen molar-refractivity contribution in [1.82, 2.24) is 9.66 Å². The second kappa shape index (κ2) is 4.18. The zero-order valence-corrected chi connectivity index (χ0v) is 9.38. The maximum absolute atomic E-state index is 5.78. The Kier molecular flexibility index (Phi) is 2.72. The lowest BCUT2D eigenvalue weighted by Gasteiger charge is -2.02. The van der Waals surface area contributed by atoms with E-state index in [1.165, 1.54) is 0 Å². The fourth-order valence-electron chi connectivity index (χ4n) is 1.64. The molecule has 0 saturated heterocycles. The zero-order valence-electron chi connectivity index (χ0n) is 9.38. The Morgan fingerprint density at radius 1 is 1.56 bits per heavy atom. The van der Waals surface area contributed by atoms with Crippen molar-refractivity contribution in [3.8, 4) is 0 Å². The summed E-state index contributed by atoms with van der Waals surface area (Å²) in [5.41, 5.74) is 3.88. The molecule has 0 spiro atoms. The first kappa shape index (κ1) is 10.4. The summed E-state index contributed by atoms with van der Waals surface area (Å²) >= 11 is 0. The van der Waals surface area contributed by atoms with Gasteiger partial charge in [0.2, 0.25) is 0 Å². The molecule has 0 aliphatic rings. The molecule has 4 heteroatoms. The molecule has 0 amide bonds. The summed E-state index contributed by atoms with van der Waals surface area (Å²) < 4.78 is 1.57. The van der Waals surface area contributed by atoms with Crippen LogP contribution in [0.1, 0.15) is 12.5 Å². The summed E-state index contributed by atoms with van der Waals surface area (Å²) in [6.45, 7) is 1.97. The maximum atomic E-state index is 5.78. The minimum absolute atomic E-state index is 0.898. The van der Waals surface area contributed by atoms with Gasteiger partial charge in [-0.25, -0.2) is 0 Å².